The van der Waals surface area contributed by atoms with E-state index in [0.717, 1.165) is 55.6 Å². The minimum Gasteiger partial charge on any atom is -0.396 e. The highest BCUT2D eigenvalue weighted by molar-refractivity contribution is 5.55. The molecule has 0 radical (unpaired) electrons. The summed E-state index contributed by atoms with van der Waals surface area (Å²) in [6, 6.07) is 9.52. The molecule has 0 amide bonds. The lowest BCUT2D eigenvalue weighted by atomic mass is 10.0. The standard InChI is InChI=1S/C23H32N4O/c1-18-5-4-6-20(13-18)23-24-14-19(15-25-23)16-26-10-11-27(21-7-2-3-8-21)22(17-26)9-12-28/h4-6,13-15,21-22,28H,2-3,7-12,16-17H2,1H3/t22-/m1/s1. The van der Waals surface area contributed by atoms with Crippen molar-refractivity contribution in [2.24, 2.45) is 0 Å². The number of piperazine rings is 1. The summed E-state index contributed by atoms with van der Waals surface area (Å²) < 4.78 is 0. The van der Waals surface area contributed by atoms with Crippen LogP contribution in [0.2, 0.25) is 0 Å². The number of aromatic nitrogens is 2. The van der Waals surface area contributed by atoms with Crippen LogP contribution in [0.3, 0.4) is 0 Å². The van der Waals surface area contributed by atoms with E-state index < -0.39 is 0 Å². The lowest BCUT2D eigenvalue weighted by Gasteiger charge is -2.44. The Morgan fingerprint density at radius 3 is 2.61 bits per heavy atom. The van der Waals surface area contributed by atoms with Crippen LogP contribution in [0.5, 0.6) is 0 Å². The number of nitrogens with zero attached hydrogens (tertiary/aromatic N) is 4. The number of aliphatic hydroxyl groups is 1. The van der Waals surface area contributed by atoms with E-state index in [9.17, 15) is 5.11 Å². The van der Waals surface area contributed by atoms with Gasteiger partial charge in [-0.05, 0) is 32.3 Å². The molecule has 1 aromatic heterocycles. The van der Waals surface area contributed by atoms with Crippen LogP contribution in [0, 0.1) is 6.92 Å². The molecular weight excluding hydrogens is 348 g/mol. The maximum atomic E-state index is 9.55. The molecule has 0 unspecified atom stereocenters. The van der Waals surface area contributed by atoms with Gasteiger partial charge in [-0.1, -0.05) is 36.6 Å². The van der Waals surface area contributed by atoms with E-state index in [-0.39, 0.29) is 6.61 Å². The Bertz CT molecular complexity index is 757. The smallest absolute Gasteiger partial charge is 0.159 e. The Hall–Kier alpha value is -1.82. The molecule has 5 heteroatoms. The second kappa shape index (κ2) is 9.12. The van der Waals surface area contributed by atoms with E-state index in [0.29, 0.717) is 6.04 Å². The second-order valence-electron chi connectivity index (χ2n) is 8.36. The van der Waals surface area contributed by atoms with Gasteiger partial charge in [0.1, 0.15) is 0 Å². The summed E-state index contributed by atoms with van der Waals surface area (Å²) in [6.07, 6.45) is 10.2. The van der Waals surface area contributed by atoms with E-state index in [1.807, 2.05) is 18.5 Å². The van der Waals surface area contributed by atoms with Crippen molar-refractivity contribution in [1.82, 2.24) is 19.8 Å². The molecule has 150 valence electrons. The first-order valence-corrected chi connectivity index (χ1v) is 10.7. The molecule has 5 nitrogen and oxygen atoms in total. The van der Waals surface area contributed by atoms with Gasteiger partial charge in [0.05, 0.1) is 0 Å². The minimum absolute atomic E-state index is 0.274. The molecule has 1 saturated heterocycles. The van der Waals surface area contributed by atoms with Crippen molar-refractivity contribution in [1.29, 1.82) is 0 Å². The van der Waals surface area contributed by atoms with E-state index in [2.05, 4.69) is 44.9 Å². The summed E-state index contributed by atoms with van der Waals surface area (Å²) in [4.78, 5) is 14.4. The SMILES string of the molecule is Cc1cccc(-c2ncc(CN3CCN(C4CCCC4)[C@H](CCO)C3)cn2)c1. The summed E-state index contributed by atoms with van der Waals surface area (Å²) in [7, 11) is 0. The third kappa shape index (κ3) is 4.59. The molecule has 1 aliphatic carbocycles. The first-order chi connectivity index (χ1) is 13.7. The Morgan fingerprint density at radius 1 is 1.11 bits per heavy atom. The Morgan fingerprint density at radius 2 is 1.89 bits per heavy atom. The zero-order valence-electron chi connectivity index (χ0n) is 16.9. The van der Waals surface area contributed by atoms with Gasteiger partial charge in [0.25, 0.3) is 0 Å². The van der Waals surface area contributed by atoms with Crippen molar-refractivity contribution >= 4 is 0 Å². The number of aryl methyl sites for hydroxylation is 1. The molecule has 2 aromatic rings. The van der Waals surface area contributed by atoms with Gasteiger partial charge in [0.2, 0.25) is 0 Å². The Kier molecular flexibility index (Phi) is 6.35. The van der Waals surface area contributed by atoms with E-state index in [1.165, 1.54) is 31.2 Å². The second-order valence-corrected chi connectivity index (χ2v) is 8.36. The molecule has 4 rings (SSSR count). The summed E-state index contributed by atoms with van der Waals surface area (Å²) in [6.45, 7) is 6.46. The molecule has 2 aliphatic rings. The van der Waals surface area contributed by atoms with Gasteiger partial charge in [0.15, 0.2) is 5.82 Å². The highest BCUT2D eigenvalue weighted by Gasteiger charge is 2.32. The highest BCUT2D eigenvalue weighted by Crippen LogP contribution is 2.28. The van der Waals surface area contributed by atoms with E-state index in [4.69, 9.17) is 0 Å². The fourth-order valence-corrected chi connectivity index (χ4v) is 4.83. The van der Waals surface area contributed by atoms with Gasteiger partial charge in [-0.2, -0.15) is 0 Å². The van der Waals surface area contributed by atoms with Crippen molar-refractivity contribution in [2.45, 2.75) is 57.7 Å². The van der Waals surface area contributed by atoms with Crippen LogP contribution < -0.4 is 0 Å². The predicted octanol–water partition coefficient (Wildman–Crippen LogP) is 3.26. The summed E-state index contributed by atoms with van der Waals surface area (Å²) in [5.41, 5.74) is 3.45. The van der Waals surface area contributed by atoms with Crippen molar-refractivity contribution in [2.75, 3.05) is 26.2 Å². The fourth-order valence-electron chi connectivity index (χ4n) is 4.83. The first kappa shape index (κ1) is 19.5. The third-order valence-electron chi connectivity index (χ3n) is 6.26. The maximum absolute atomic E-state index is 9.55. The lowest BCUT2D eigenvalue weighted by Crippen LogP contribution is -2.56. The van der Waals surface area contributed by atoms with Crippen molar-refractivity contribution in [3.8, 4) is 11.4 Å². The normalized spacial score (nSPS) is 22.0. The van der Waals surface area contributed by atoms with Gasteiger partial charge in [0, 0.05) is 68.4 Å². The zero-order chi connectivity index (χ0) is 19.3. The van der Waals surface area contributed by atoms with Crippen LogP contribution in [-0.4, -0.2) is 63.2 Å². The summed E-state index contributed by atoms with van der Waals surface area (Å²) >= 11 is 0. The quantitative estimate of drug-likeness (QED) is 0.834. The lowest BCUT2D eigenvalue weighted by molar-refractivity contribution is 0.0266. The average molecular weight is 381 g/mol. The first-order valence-electron chi connectivity index (χ1n) is 10.7. The van der Waals surface area contributed by atoms with Crippen molar-refractivity contribution < 1.29 is 5.11 Å². The maximum Gasteiger partial charge on any atom is 0.159 e. The van der Waals surface area contributed by atoms with Crippen molar-refractivity contribution in [3.63, 3.8) is 0 Å². The molecule has 0 spiro atoms. The third-order valence-corrected chi connectivity index (χ3v) is 6.26. The minimum atomic E-state index is 0.274. The number of hydrogen-bond donors (Lipinski definition) is 1. The predicted molar refractivity (Wildman–Crippen MR) is 112 cm³/mol. The topological polar surface area (TPSA) is 52.5 Å². The van der Waals surface area contributed by atoms with Gasteiger partial charge >= 0.3 is 0 Å². The van der Waals surface area contributed by atoms with Crippen LogP contribution in [0.1, 0.15) is 43.2 Å². The van der Waals surface area contributed by atoms with Crippen LogP contribution in [0.15, 0.2) is 36.7 Å². The average Bonchev–Trinajstić information content (AvgIpc) is 3.24. The Balaban J connectivity index is 1.38. The van der Waals surface area contributed by atoms with E-state index in [1.54, 1.807) is 0 Å². The molecule has 0 bridgehead atoms. The molecule has 1 saturated carbocycles. The number of benzene rings is 1. The molecule has 2 fully saturated rings. The monoisotopic (exact) mass is 380 g/mol. The van der Waals surface area contributed by atoms with Gasteiger partial charge in [-0.15, -0.1) is 0 Å². The van der Waals surface area contributed by atoms with E-state index >= 15 is 0 Å². The molecule has 1 aliphatic heterocycles. The van der Waals surface area contributed by atoms with Crippen LogP contribution in [0.25, 0.3) is 11.4 Å². The molecule has 1 N–H and O–H groups in total. The van der Waals surface area contributed by atoms with Crippen LogP contribution in [-0.2, 0) is 6.54 Å². The summed E-state index contributed by atoms with van der Waals surface area (Å²) in [5, 5.41) is 9.55. The number of rotatable bonds is 6. The Labute approximate surface area is 168 Å². The zero-order valence-corrected chi connectivity index (χ0v) is 16.9. The molecule has 2 heterocycles. The van der Waals surface area contributed by atoms with Crippen molar-refractivity contribution in [3.05, 3.63) is 47.8 Å². The number of aliphatic hydroxyl groups excluding tert-OH is 1. The summed E-state index contributed by atoms with van der Waals surface area (Å²) in [5.74, 6) is 0.789. The molecule has 1 atom stereocenters. The van der Waals surface area contributed by atoms with Crippen LogP contribution in [0.4, 0.5) is 0 Å². The van der Waals surface area contributed by atoms with Crippen LogP contribution >= 0.6 is 0 Å². The van der Waals surface area contributed by atoms with Gasteiger partial charge in [-0.25, -0.2) is 9.97 Å². The number of hydrogen-bond acceptors (Lipinski definition) is 5. The van der Waals surface area contributed by atoms with Gasteiger partial charge in [-0.3, -0.25) is 9.80 Å². The molecular formula is C23H32N4O. The molecule has 1 aromatic carbocycles. The molecule has 28 heavy (non-hydrogen) atoms. The fraction of sp³-hybridized carbons (Fsp3) is 0.565. The largest absolute Gasteiger partial charge is 0.396 e. The highest BCUT2D eigenvalue weighted by atomic mass is 16.3. The van der Waals surface area contributed by atoms with Gasteiger partial charge < -0.3 is 5.11 Å².